The number of anilines is 1. The van der Waals surface area contributed by atoms with Crippen molar-refractivity contribution in [2.45, 2.75) is 88.4 Å². The van der Waals surface area contributed by atoms with E-state index in [0.29, 0.717) is 17.8 Å². The maximum atomic E-state index is 13.0. The van der Waals surface area contributed by atoms with Gasteiger partial charge in [-0.25, -0.2) is 9.18 Å². The van der Waals surface area contributed by atoms with Gasteiger partial charge in [0.2, 0.25) is 0 Å². The second kappa shape index (κ2) is 7.95. The fourth-order valence-corrected chi connectivity index (χ4v) is 5.67. The second-order valence-corrected chi connectivity index (χ2v) is 8.43. The Morgan fingerprint density at radius 2 is 1.50 bits per heavy atom. The second-order valence-electron chi connectivity index (χ2n) is 8.43. The molecule has 2 amide bonds. The van der Waals surface area contributed by atoms with E-state index in [4.69, 9.17) is 0 Å². The largest absolute Gasteiger partial charge is 0.335 e. The summed E-state index contributed by atoms with van der Waals surface area (Å²) in [7, 11) is 0. The molecular weight excluding hydrogens is 329 g/mol. The third-order valence-corrected chi connectivity index (χ3v) is 6.70. The van der Waals surface area contributed by atoms with Gasteiger partial charge in [-0.05, 0) is 69.2 Å². The number of hydrogen-bond acceptors (Lipinski definition) is 1. The first kappa shape index (κ1) is 17.8. The van der Waals surface area contributed by atoms with E-state index in [-0.39, 0.29) is 17.9 Å². The first-order valence-electron chi connectivity index (χ1n) is 10.4. The van der Waals surface area contributed by atoms with Gasteiger partial charge in [-0.2, -0.15) is 0 Å². The number of amides is 2. The van der Waals surface area contributed by atoms with Crippen molar-refractivity contribution < 1.29 is 14.1 Å². The zero-order chi connectivity index (χ0) is 17.9. The zero-order valence-corrected chi connectivity index (χ0v) is 15.5. The highest BCUT2D eigenvalue weighted by molar-refractivity contribution is 5.89. The lowest BCUT2D eigenvalue weighted by atomic mass is 9.78. The van der Waals surface area contributed by atoms with Crippen molar-refractivity contribution in [3.63, 3.8) is 0 Å². The van der Waals surface area contributed by atoms with E-state index in [0.717, 1.165) is 18.9 Å². The lowest BCUT2D eigenvalue weighted by Crippen LogP contribution is -3.24. The summed E-state index contributed by atoms with van der Waals surface area (Å²) < 4.78 is 13.0. The summed E-state index contributed by atoms with van der Waals surface area (Å²) >= 11 is 0. The van der Waals surface area contributed by atoms with Crippen LogP contribution >= 0.6 is 0 Å². The van der Waals surface area contributed by atoms with Crippen LogP contribution in [0.25, 0.3) is 0 Å². The molecule has 2 saturated heterocycles. The summed E-state index contributed by atoms with van der Waals surface area (Å²) in [6.07, 6.45) is 13.1. The number of urea groups is 1. The van der Waals surface area contributed by atoms with Gasteiger partial charge >= 0.3 is 6.03 Å². The molecule has 0 unspecified atom stereocenters. The van der Waals surface area contributed by atoms with E-state index in [9.17, 15) is 9.18 Å². The number of hydrogen-bond donors (Lipinski definition) is 3. The normalized spacial score (nSPS) is 32.0. The smallest absolute Gasteiger partial charge is 0.319 e. The summed E-state index contributed by atoms with van der Waals surface area (Å²) in [6.45, 7) is 0. The van der Waals surface area contributed by atoms with Crippen LogP contribution in [0.4, 0.5) is 14.9 Å². The summed E-state index contributed by atoms with van der Waals surface area (Å²) in [4.78, 5) is 14.2. The van der Waals surface area contributed by atoms with E-state index in [1.807, 2.05) is 4.90 Å². The molecule has 3 aliphatic rings. The van der Waals surface area contributed by atoms with E-state index < -0.39 is 0 Å². The van der Waals surface area contributed by atoms with Crippen LogP contribution in [0.15, 0.2) is 24.3 Å². The number of quaternary nitrogens is 1. The summed E-state index contributed by atoms with van der Waals surface area (Å²) in [5.74, 6) is -0.290. The minimum absolute atomic E-state index is 0.166. The Morgan fingerprint density at radius 1 is 0.885 bits per heavy atom. The lowest BCUT2D eigenvalue weighted by molar-refractivity contribution is -0.984. The van der Waals surface area contributed by atoms with Crippen LogP contribution in [-0.4, -0.2) is 30.2 Å². The molecule has 4 rings (SSSR count). The highest BCUT2D eigenvalue weighted by Gasteiger charge is 2.45. The number of piperidine rings is 2. The highest BCUT2D eigenvalue weighted by atomic mass is 19.1. The van der Waals surface area contributed by atoms with Crippen molar-refractivity contribution in [2.75, 3.05) is 5.32 Å². The minimum Gasteiger partial charge on any atom is -0.335 e. The van der Waals surface area contributed by atoms with Crippen LogP contribution < -0.4 is 15.5 Å². The van der Waals surface area contributed by atoms with Crippen LogP contribution in [0.3, 0.4) is 0 Å². The Balaban J connectivity index is 1.34. The number of carbonyl (C=O) groups excluding carboxylic acids is 1. The molecule has 1 aromatic carbocycles. The molecule has 2 aliphatic heterocycles. The number of benzene rings is 1. The molecule has 1 aliphatic carbocycles. The van der Waals surface area contributed by atoms with Gasteiger partial charge in [0.25, 0.3) is 0 Å². The highest BCUT2D eigenvalue weighted by Crippen LogP contribution is 2.26. The van der Waals surface area contributed by atoms with Crippen LogP contribution in [0.2, 0.25) is 0 Å². The topological polar surface area (TPSA) is 45.6 Å². The Morgan fingerprint density at radius 3 is 2.15 bits per heavy atom. The standard InChI is InChI=1S/C21H30FN3O/c22-15-9-11-16(12-10-15)23-21(26)24-17-13-19-7-4-8-20(14-17)25(19)18-5-2-1-3-6-18/h9-12,17-20H,1-8,13-14H2,(H2,23,24,26)/p+1/t19-,20-/m1/s1. The van der Waals surface area contributed by atoms with Gasteiger partial charge < -0.3 is 15.5 Å². The maximum Gasteiger partial charge on any atom is 0.319 e. The van der Waals surface area contributed by atoms with Gasteiger partial charge in [-0.1, -0.05) is 6.42 Å². The van der Waals surface area contributed by atoms with E-state index in [2.05, 4.69) is 10.6 Å². The number of rotatable bonds is 3. The average Bonchev–Trinajstić information content (AvgIpc) is 2.63. The van der Waals surface area contributed by atoms with E-state index in [1.165, 1.54) is 63.5 Å². The van der Waals surface area contributed by atoms with Gasteiger partial charge in [0.05, 0.1) is 18.1 Å². The molecule has 3 fully saturated rings. The van der Waals surface area contributed by atoms with Gasteiger partial charge in [-0.15, -0.1) is 0 Å². The molecule has 1 saturated carbocycles. The summed E-state index contributed by atoms with van der Waals surface area (Å²) in [5.41, 5.74) is 0.634. The molecule has 0 spiro atoms. The van der Waals surface area contributed by atoms with Crippen molar-refractivity contribution in [3.05, 3.63) is 30.1 Å². The van der Waals surface area contributed by atoms with Crippen LogP contribution in [0.5, 0.6) is 0 Å². The molecule has 2 heterocycles. The Bertz CT molecular complexity index is 600. The Kier molecular flexibility index (Phi) is 5.44. The van der Waals surface area contributed by atoms with E-state index in [1.54, 1.807) is 12.1 Å². The fourth-order valence-electron chi connectivity index (χ4n) is 5.67. The van der Waals surface area contributed by atoms with Crippen molar-refractivity contribution in [2.24, 2.45) is 0 Å². The number of fused-ring (bicyclic) bond motifs is 2. The van der Waals surface area contributed by atoms with Crippen molar-refractivity contribution in [1.29, 1.82) is 0 Å². The molecule has 3 N–H and O–H groups in total. The summed E-state index contributed by atoms with van der Waals surface area (Å²) in [5, 5.41) is 6.01. The molecule has 2 bridgehead atoms. The number of carbonyl (C=O) groups is 1. The molecule has 142 valence electrons. The van der Waals surface area contributed by atoms with Gasteiger partial charge in [0, 0.05) is 24.6 Å². The monoisotopic (exact) mass is 360 g/mol. The van der Waals surface area contributed by atoms with Crippen molar-refractivity contribution >= 4 is 11.7 Å². The van der Waals surface area contributed by atoms with E-state index >= 15 is 0 Å². The van der Waals surface area contributed by atoms with Gasteiger partial charge in [0.15, 0.2) is 0 Å². The van der Waals surface area contributed by atoms with Crippen LogP contribution in [-0.2, 0) is 0 Å². The van der Waals surface area contributed by atoms with Gasteiger partial charge in [-0.3, -0.25) is 0 Å². The van der Waals surface area contributed by atoms with Crippen molar-refractivity contribution in [1.82, 2.24) is 5.32 Å². The zero-order valence-electron chi connectivity index (χ0n) is 15.5. The number of halogens is 1. The van der Waals surface area contributed by atoms with Crippen molar-refractivity contribution in [3.8, 4) is 0 Å². The molecule has 26 heavy (non-hydrogen) atoms. The van der Waals surface area contributed by atoms with Crippen LogP contribution in [0, 0.1) is 5.82 Å². The molecular formula is C21H31FN3O+. The summed E-state index contributed by atoms with van der Waals surface area (Å²) in [6, 6.07) is 8.30. The maximum absolute atomic E-state index is 13.0. The van der Waals surface area contributed by atoms with Gasteiger partial charge in [0.1, 0.15) is 5.82 Å². The average molecular weight is 360 g/mol. The predicted octanol–water partition coefficient (Wildman–Crippen LogP) is 3.25. The molecule has 0 aromatic heterocycles. The molecule has 1 aromatic rings. The van der Waals surface area contributed by atoms with Crippen LogP contribution in [0.1, 0.15) is 64.2 Å². The molecule has 4 nitrogen and oxygen atoms in total. The Hall–Kier alpha value is -1.62. The molecule has 2 atom stereocenters. The predicted molar refractivity (Wildman–Crippen MR) is 101 cm³/mol. The lowest BCUT2D eigenvalue weighted by Gasteiger charge is -2.50. The first-order valence-corrected chi connectivity index (χ1v) is 10.4. The Labute approximate surface area is 155 Å². The SMILES string of the molecule is O=C(Nc1ccc(F)cc1)NC1C[C@H]2CCC[C@H](C1)[NH+]2C1CCCCC1. The number of nitrogens with one attached hydrogen (secondary N) is 3. The third-order valence-electron chi connectivity index (χ3n) is 6.70. The molecule has 5 heteroatoms. The minimum atomic E-state index is -0.290. The molecule has 0 radical (unpaired) electrons. The quantitative estimate of drug-likeness (QED) is 0.761. The first-order chi connectivity index (χ1) is 12.7. The fraction of sp³-hybridized carbons (Fsp3) is 0.667. The third kappa shape index (κ3) is 4.03.